The molecule has 0 aliphatic rings. The summed E-state index contributed by atoms with van der Waals surface area (Å²) in [5.41, 5.74) is 1.72. The molecule has 8 heteroatoms. The van der Waals surface area contributed by atoms with Gasteiger partial charge in [-0.2, -0.15) is 0 Å². The summed E-state index contributed by atoms with van der Waals surface area (Å²) in [6, 6.07) is 16.3. The second-order valence-electron chi connectivity index (χ2n) is 7.49. The Kier molecular flexibility index (Phi) is 6.33. The van der Waals surface area contributed by atoms with Crippen molar-refractivity contribution in [2.75, 3.05) is 7.05 Å². The van der Waals surface area contributed by atoms with Crippen molar-refractivity contribution < 1.29 is 9.18 Å². The first kappa shape index (κ1) is 22.4. The molecule has 1 amide bonds. The largest absolute Gasteiger partial charge is 0.340 e. The van der Waals surface area contributed by atoms with Crippen molar-refractivity contribution in [3.8, 4) is 5.69 Å². The van der Waals surface area contributed by atoms with Crippen molar-refractivity contribution >= 4 is 40.6 Å². The molecule has 2 aromatic heterocycles. The van der Waals surface area contributed by atoms with Crippen LogP contribution in [0.15, 0.2) is 65.5 Å². The highest BCUT2D eigenvalue weighted by Crippen LogP contribution is 2.22. The van der Waals surface area contributed by atoms with Gasteiger partial charge in [0.05, 0.1) is 39.5 Å². The predicted octanol–water partition coefficient (Wildman–Crippen LogP) is 4.72. The monoisotopic (exact) mass is 462 g/mol. The van der Waals surface area contributed by atoms with Crippen molar-refractivity contribution in [1.82, 2.24) is 19.4 Å². The molecule has 0 aliphatic carbocycles. The highest BCUT2D eigenvalue weighted by molar-refractivity contribution is 6.32. The third kappa shape index (κ3) is 4.83. The summed E-state index contributed by atoms with van der Waals surface area (Å²) in [6.07, 6.45) is 3.38. The van der Waals surface area contributed by atoms with Crippen molar-refractivity contribution in [1.29, 1.82) is 0 Å². The van der Waals surface area contributed by atoms with Crippen molar-refractivity contribution in [3.63, 3.8) is 0 Å². The summed E-state index contributed by atoms with van der Waals surface area (Å²) in [7, 11) is 1.71. The van der Waals surface area contributed by atoms with E-state index in [4.69, 9.17) is 11.6 Å². The van der Waals surface area contributed by atoms with Gasteiger partial charge in [0.25, 0.3) is 5.56 Å². The second kappa shape index (κ2) is 9.34. The second-order valence-corrected chi connectivity index (χ2v) is 7.89. The molecule has 0 bridgehead atoms. The van der Waals surface area contributed by atoms with E-state index in [1.54, 1.807) is 48.4 Å². The van der Waals surface area contributed by atoms with Crippen LogP contribution in [0.5, 0.6) is 0 Å². The summed E-state index contributed by atoms with van der Waals surface area (Å²) < 4.78 is 15.2. The highest BCUT2D eigenvalue weighted by Gasteiger charge is 2.14. The lowest BCUT2D eigenvalue weighted by Gasteiger charge is -2.14. The maximum absolute atomic E-state index is 13.8. The summed E-state index contributed by atoms with van der Waals surface area (Å²) >= 11 is 6.37. The van der Waals surface area contributed by atoms with E-state index < -0.39 is 11.4 Å². The zero-order valence-corrected chi connectivity index (χ0v) is 18.8. The van der Waals surface area contributed by atoms with Crippen LogP contribution in [0.25, 0.3) is 28.7 Å². The summed E-state index contributed by atoms with van der Waals surface area (Å²) in [4.78, 5) is 35.5. The van der Waals surface area contributed by atoms with E-state index in [1.165, 1.54) is 29.7 Å². The van der Waals surface area contributed by atoms with Gasteiger partial charge in [-0.25, -0.2) is 9.37 Å². The Bertz CT molecular complexity index is 1450. The molecule has 0 aliphatic heterocycles. The predicted molar refractivity (Wildman–Crippen MR) is 128 cm³/mol. The molecule has 4 rings (SSSR count). The summed E-state index contributed by atoms with van der Waals surface area (Å²) in [5, 5.41) is 0.513. The Hall–Kier alpha value is -3.84. The van der Waals surface area contributed by atoms with E-state index in [-0.39, 0.29) is 11.3 Å². The lowest BCUT2D eigenvalue weighted by atomic mass is 10.2. The SMILES string of the molecule is CC(=O)N(C)Cc1cccc(C=Cc2nc3ccc(F)cc3c(=O)n2-c2ccccc2Cl)n1. The summed E-state index contributed by atoms with van der Waals surface area (Å²) in [5.74, 6) is -0.259. The minimum absolute atomic E-state index is 0.0571. The Balaban J connectivity index is 1.83. The molecule has 0 fully saturated rings. The average Bonchev–Trinajstić information content (AvgIpc) is 2.79. The Morgan fingerprint density at radius 1 is 1.09 bits per heavy atom. The van der Waals surface area contributed by atoms with E-state index in [0.29, 0.717) is 34.3 Å². The molecule has 0 saturated heterocycles. The van der Waals surface area contributed by atoms with Crippen LogP contribution in [-0.4, -0.2) is 32.4 Å². The summed E-state index contributed by atoms with van der Waals surface area (Å²) in [6.45, 7) is 1.87. The number of aromatic nitrogens is 3. The maximum Gasteiger partial charge on any atom is 0.266 e. The number of halogens is 2. The first-order valence-corrected chi connectivity index (χ1v) is 10.5. The molecule has 0 unspecified atom stereocenters. The van der Waals surface area contributed by atoms with Gasteiger partial charge in [-0.15, -0.1) is 0 Å². The van der Waals surface area contributed by atoms with Crippen molar-refractivity contribution in [3.05, 3.63) is 99.1 Å². The van der Waals surface area contributed by atoms with Gasteiger partial charge in [0, 0.05) is 14.0 Å². The number of benzene rings is 2. The standard InChI is InChI=1S/C25H20ClFN4O2/c1-16(32)30(2)15-19-7-5-6-18(28-19)11-13-24-29-22-12-10-17(27)14-20(22)25(33)31(24)23-9-4-3-8-21(23)26/h3-14H,15H2,1-2H3. The van der Waals surface area contributed by atoms with E-state index in [0.717, 1.165) is 5.69 Å². The van der Waals surface area contributed by atoms with Gasteiger partial charge in [0.15, 0.2) is 0 Å². The Labute approximate surface area is 194 Å². The first-order valence-electron chi connectivity index (χ1n) is 10.2. The Morgan fingerprint density at radius 3 is 2.64 bits per heavy atom. The minimum atomic E-state index is -0.521. The molecule has 33 heavy (non-hydrogen) atoms. The molecule has 0 radical (unpaired) electrons. The number of amides is 1. The van der Waals surface area contributed by atoms with Crippen LogP contribution in [0, 0.1) is 5.82 Å². The average molecular weight is 463 g/mol. The maximum atomic E-state index is 13.8. The smallest absolute Gasteiger partial charge is 0.266 e. The van der Waals surface area contributed by atoms with Crippen LogP contribution in [0.4, 0.5) is 4.39 Å². The minimum Gasteiger partial charge on any atom is -0.340 e. The number of pyridine rings is 1. The molecule has 0 spiro atoms. The molecule has 2 aromatic carbocycles. The molecule has 0 N–H and O–H groups in total. The lowest BCUT2D eigenvalue weighted by Crippen LogP contribution is -2.23. The van der Waals surface area contributed by atoms with Crippen LogP contribution in [0.1, 0.15) is 24.1 Å². The van der Waals surface area contributed by atoms with E-state index >= 15 is 0 Å². The molecule has 0 atom stereocenters. The van der Waals surface area contributed by atoms with Crippen LogP contribution >= 0.6 is 11.6 Å². The van der Waals surface area contributed by atoms with Crippen molar-refractivity contribution in [2.45, 2.75) is 13.5 Å². The van der Waals surface area contributed by atoms with E-state index in [1.807, 2.05) is 18.2 Å². The fraction of sp³-hybridized carbons (Fsp3) is 0.120. The fourth-order valence-electron chi connectivity index (χ4n) is 3.35. The molecule has 6 nitrogen and oxygen atoms in total. The highest BCUT2D eigenvalue weighted by atomic mass is 35.5. The molecule has 4 aromatic rings. The number of para-hydroxylation sites is 1. The third-order valence-corrected chi connectivity index (χ3v) is 5.44. The number of fused-ring (bicyclic) bond motifs is 1. The fourth-order valence-corrected chi connectivity index (χ4v) is 3.57. The van der Waals surface area contributed by atoms with Gasteiger partial charge >= 0.3 is 0 Å². The van der Waals surface area contributed by atoms with Gasteiger partial charge < -0.3 is 4.90 Å². The lowest BCUT2D eigenvalue weighted by molar-refractivity contribution is -0.128. The van der Waals surface area contributed by atoms with E-state index in [2.05, 4.69) is 9.97 Å². The van der Waals surface area contributed by atoms with Gasteiger partial charge in [-0.05, 0) is 54.6 Å². The molecule has 2 heterocycles. The first-order chi connectivity index (χ1) is 15.8. The van der Waals surface area contributed by atoms with Gasteiger partial charge in [0.2, 0.25) is 5.91 Å². The third-order valence-electron chi connectivity index (χ3n) is 5.12. The van der Waals surface area contributed by atoms with Gasteiger partial charge in [-0.3, -0.25) is 19.1 Å². The normalized spacial score (nSPS) is 11.3. The number of carbonyl (C=O) groups excluding carboxylic acids is 1. The number of rotatable bonds is 5. The van der Waals surface area contributed by atoms with E-state index in [9.17, 15) is 14.0 Å². The van der Waals surface area contributed by atoms with Crippen molar-refractivity contribution in [2.24, 2.45) is 0 Å². The quantitative estimate of drug-likeness (QED) is 0.430. The molecular formula is C25H20ClFN4O2. The number of carbonyl (C=O) groups is 1. The zero-order chi connectivity index (χ0) is 23.5. The molecular weight excluding hydrogens is 443 g/mol. The van der Waals surface area contributed by atoms with Crippen LogP contribution in [0.2, 0.25) is 5.02 Å². The zero-order valence-electron chi connectivity index (χ0n) is 18.0. The molecule has 0 saturated carbocycles. The van der Waals surface area contributed by atoms with Crippen LogP contribution in [-0.2, 0) is 11.3 Å². The topological polar surface area (TPSA) is 68.1 Å². The number of hydrogen-bond acceptors (Lipinski definition) is 4. The van der Waals surface area contributed by atoms with Gasteiger partial charge in [-0.1, -0.05) is 29.8 Å². The number of nitrogens with zero attached hydrogens (tertiary/aromatic N) is 4. The van der Waals surface area contributed by atoms with Crippen LogP contribution in [0.3, 0.4) is 0 Å². The number of hydrogen-bond donors (Lipinski definition) is 0. The molecule has 166 valence electrons. The Morgan fingerprint density at radius 2 is 1.88 bits per heavy atom. The van der Waals surface area contributed by atoms with Crippen LogP contribution < -0.4 is 5.56 Å². The van der Waals surface area contributed by atoms with Gasteiger partial charge in [0.1, 0.15) is 11.6 Å².